The molecular formula is C24H23F2NO. The molecule has 0 aromatic heterocycles. The smallest absolute Gasteiger partial charge is 0.123 e. The Morgan fingerprint density at radius 2 is 1.32 bits per heavy atom. The fourth-order valence-corrected chi connectivity index (χ4v) is 3.91. The molecular weight excluding hydrogens is 356 g/mol. The topological polar surface area (TPSA) is 12.5 Å². The summed E-state index contributed by atoms with van der Waals surface area (Å²) in [7, 11) is 0. The first kappa shape index (κ1) is 18.8. The number of benzene rings is 3. The van der Waals surface area contributed by atoms with Crippen molar-refractivity contribution < 1.29 is 13.5 Å². The number of hydrogen-bond donors (Lipinski definition) is 0. The molecule has 4 rings (SSSR count). The van der Waals surface area contributed by atoms with Crippen LogP contribution in [0.1, 0.15) is 23.1 Å². The van der Waals surface area contributed by atoms with Gasteiger partial charge in [-0.25, -0.2) is 8.78 Å². The van der Waals surface area contributed by atoms with E-state index in [0.717, 1.165) is 30.8 Å². The first-order valence-corrected chi connectivity index (χ1v) is 9.58. The lowest BCUT2D eigenvalue weighted by Gasteiger charge is -2.34. The largest absolute Gasteiger partial charge is 0.364 e. The molecule has 144 valence electrons. The summed E-state index contributed by atoms with van der Waals surface area (Å²) in [6.45, 7) is 3.03. The summed E-state index contributed by atoms with van der Waals surface area (Å²) in [5.41, 5.74) is 2.33. The Hall–Kier alpha value is -2.56. The fraction of sp³-hybridized carbons (Fsp3) is 0.250. The van der Waals surface area contributed by atoms with Crippen LogP contribution in [0.25, 0.3) is 0 Å². The minimum Gasteiger partial charge on any atom is -0.364 e. The molecule has 2 nitrogen and oxygen atoms in total. The minimum absolute atomic E-state index is 0.280. The van der Waals surface area contributed by atoms with Crippen molar-refractivity contribution >= 4 is 0 Å². The molecule has 0 atom stereocenters. The molecule has 4 heteroatoms. The van der Waals surface area contributed by atoms with E-state index >= 15 is 0 Å². The van der Waals surface area contributed by atoms with Crippen molar-refractivity contribution in [1.29, 1.82) is 0 Å². The second-order valence-corrected chi connectivity index (χ2v) is 7.20. The first-order valence-electron chi connectivity index (χ1n) is 9.58. The zero-order chi connectivity index (χ0) is 19.4. The highest BCUT2D eigenvalue weighted by Gasteiger charge is 2.37. The molecule has 3 aromatic rings. The predicted molar refractivity (Wildman–Crippen MR) is 106 cm³/mol. The van der Waals surface area contributed by atoms with Gasteiger partial charge in [0.15, 0.2) is 0 Å². The van der Waals surface area contributed by atoms with E-state index in [4.69, 9.17) is 4.74 Å². The van der Waals surface area contributed by atoms with Crippen LogP contribution in [0, 0.1) is 11.6 Å². The molecule has 0 unspecified atom stereocenters. The second-order valence-electron chi connectivity index (χ2n) is 7.20. The summed E-state index contributed by atoms with van der Waals surface area (Å²) < 4.78 is 33.5. The second kappa shape index (κ2) is 8.21. The van der Waals surface area contributed by atoms with Crippen molar-refractivity contribution in [2.75, 3.05) is 19.7 Å². The number of nitrogens with zero attached hydrogens (tertiary/aromatic N) is 1. The summed E-state index contributed by atoms with van der Waals surface area (Å²) in [4.78, 5) is 2.37. The highest BCUT2D eigenvalue weighted by molar-refractivity contribution is 5.37. The zero-order valence-corrected chi connectivity index (χ0v) is 15.7. The van der Waals surface area contributed by atoms with Crippen LogP contribution < -0.4 is 0 Å². The van der Waals surface area contributed by atoms with Gasteiger partial charge in [-0.15, -0.1) is 0 Å². The Labute approximate surface area is 164 Å². The van der Waals surface area contributed by atoms with Crippen molar-refractivity contribution in [2.45, 2.75) is 18.6 Å². The number of halogens is 2. The number of ether oxygens (including phenoxy) is 1. The Bertz CT molecular complexity index is 849. The van der Waals surface area contributed by atoms with E-state index in [9.17, 15) is 8.78 Å². The quantitative estimate of drug-likeness (QED) is 0.623. The maximum Gasteiger partial charge on any atom is 0.123 e. The summed E-state index contributed by atoms with van der Waals surface area (Å²) in [6, 6.07) is 23.3. The summed E-state index contributed by atoms with van der Waals surface area (Å²) in [5, 5.41) is 0. The van der Waals surface area contributed by atoms with Gasteiger partial charge in [0.25, 0.3) is 0 Å². The third-order valence-corrected chi connectivity index (χ3v) is 5.41. The normalized spacial score (nSPS) is 17.2. The monoisotopic (exact) mass is 379 g/mol. The lowest BCUT2D eigenvalue weighted by molar-refractivity contribution is -0.0102. The molecule has 0 bridgehead atoms. The molecule has 0 spiro atoms. The molecule has 0 radical (unpaired) electrons. The molecule has 0 amide bonds. The Kier molecular flexibility index (Phi) is 5.51. The van der Waals surface area contributed by atoms with E-state index < -0.39 is 5.60 Å². The van der Waals surface area contributed by atoms with Gasteiger partial charge < -0.3 is 4.74 Å². The van der Waals surface area contributed by atoms with Gasteiger partial charge in [-0.05, 0) is 47.4 Å². The third-order valence-electron chi connectivity index (χ3n) is 5.41. The maximum atomic E-state index is 13.5. The van der Waals surface area contributed by atoms with E-state index in [1.54, 1.807) is 24.3 Å². The molecule has 0 saturated carbocycles. The van der Waals surface area contributed by atoms with Crippen molar-refractivity contribution in [2.24, 2.45) is 0 Å². The van der Waals surface area contributed by atoms with Crippen molar-refractivity contribution in [1.82, 2.24) is 4.90 Å². The van der Waals surface area contributed by atoms with Gasteiger partial charge in [-0.3, -0.25) is 4.90 Å². The van der Waals surface area contributed by atoms with E-state index in [0.29, 0.717) is 13.0 Å². The molecule has 0 aliphatic carbocycles. The third kappa shape index (κ3) is 3.98. The van der Waals surface area contributed by atoms with Crippen LogP contribution in [0.15, 0.2) is 78.9 Å². The summed E-state index contributed by atoms with van der Waals surface area (Å²) in [6.07, 6.45) is 0.705. The van der Waals surface area contributed by atoms with Crippen LogP contribution in [-0.2, 0) is 16.9 Å². The first-order chi connectivity index (χ1) is 13.7. The average Bonchev–Trinajstić information content (AvgIpc) is 2.93. The average molecular weight is 379 g/mol. The van der Waals surface area contributed by atoms with E-state index in [1.165, 1.54) is 29.8 Å². The van der Waals surface area contributed by atoms with Crippen molar-refractivity contribution in [3.63, 3.8) is 0 Å². The molecule has 1 saturated heterocycles. The van der Waals surface area contributed by atoms with Gasteiger partial charge in [-0.1, -0.05) is 54.6 Å². The lowest BCUT2D eigenvalue weighted by Crippen LogP contribution is -2.32. The van der Waals surface area contributed by atoms with Gasteiger partial charge in [0.05, 0.1) is 6.61 Å². The predicted octanol–water partition coefficient (Wildman–Crippen LogP) is 5.13. The van der Waals surface area contributed by atoms with E-state index in [1.807, 2.05) is 18.2 Å². The zero-order valence-electron chi connectivity index (χ0n) is 15.7. The van der Waals surface area contributed by atoms with Crippen LogP contribution in [-0.4, -0.2) is 24.6 Å². The molecule has 0 N–H and O–H groups in total. The van der Waals surface area contributed by atoms with Crippen LogP contribution in [0.4, 0.5) is 8.78 Å². The highest BCUT2D eigenvalue weighted by Crippen LogP contribution is 2.39. The Morgan fingerprint density at radius 3 is 1.89 bits per heavy atom. The minimum atomic E-state index is -0.715. The molecule has 1 heterocycles. The van der Waals surface area contributed by atoms with Crippen molar-refractivity contribution in [3.8, 4) is 0 Å². The van der Waals surface area contributed by atoms with Crippen LogP contribution in [0.3, 0.4) is 0 Å². The highest BCUT2D eigenvalue weighted by atomic mass is 19.1. The van der Waals surface area contributed by atoms with Crippen molar-refractivity contribution in [3.05, 3.63) is 107 Å². The molecule has 1 aliphatic heterocycles. The molecule has 3 aromatic carbocycles. The standard InChI is InChI=1S/C24H23F2NO/c25-22-10-6-20(7-11-22)24(21-8-12-23(26)13-9-21)14-15-27(16-17-28-24)18-19-4-2-1-3-5-19/h1-13H,14-18H2. The van der Waals surface area contributed by atoms with E-state index in [2.05, 4.69) is 17.0 Å². The van der Waals surface area contributed by atoms with Gasteiger partial charge >= 0.3 is 0 Å². The fourth-order valence-electron chi connectivity index (χ4n) is 3.91. The summed E-state index contributed by atoms with van der Waals surface area (Å²) >= 11 is 0. The van der Waals surface area contributed by atoms with Gasteiger partial charge in [0.1, 0.15) is 17.2 Å². The van der Waals surface area contributed by atoms with Gasteiger partial charge in [0.2, 0.25) is 0 Å². The van der Waals surface area contributed by atoms with Crippen LogP contribution in [0.5, 0.6) is 0 Å². The van der Waals surface area contributed by atoms with E-state index in [-0.39, 0.29) is 11.6 Å². The van der Waals surface area contributed by atoms with Gasteiger partial charge in [-0.2, -0.15) is 0 Å². The van der Waals surface area contributed by atoms with Gasteiger partial charge in [0, 0.05) is 19.6 Å². The Morgan fingerprint density at radius 1 is 0.750 bits per heavy atom. The molecule has 1 aliphatic rings. The maximum absolute atomic E-state index is 13.5. The lowest BCUT2D eigenvalue weighted by atomic mass is 9.83. The molecule has 1 fully saturated rings. The SMILES string of the molecule is Fc1ccc(C2(c3ccc(F)cc3)CCN(Cc3ccccc3)CCO2)cc1. The van der Waals surface area contributed by atoms with Crippen LogP contribution >= 0.6 is 0 Å². The Balaban J connectivity index is 1.64. The number of hydrogen-bond acceptors (Lipinski definition) is 2. The van der Waals surface area contributed by atoms with Crippen LogP contribution in [0.2, 0.25) is 0 Å². The number of rotatable bonds is 4. The molecule has 28 heavy (non-hydrogen) atoms. The summed E-state index contributed by atoms with van der Waals surface area (Å²) in [5.74, 6) is -0.560.